The second kappa shape index (κ2) is 5.31. The molecule has 1 aliphatic rings. The first-order valence-corrected chi connectivity index (χ1v) is 6.89. The Labute approximate surface area is 120 Å². The van der Waals surface area contributed by atoms with E-state index in [0.717, 1.165) is 26.2 Å². The van der Waals surface area contributed by atoms with Crippen molar-refractivity contribution < 1.29 is 0 Å². The van der Waals surface area contributed by atoms with Crippen molar-refractivity contribution in [2.75, 3.05) is 31.1 Å². The highest BCUT2D eigenvalue weighted by molar-refractivity contribution is 9.10. The molecule has 0 saturated carbocycles. The molecule has 0 aliphatic carbocycles. The monoisotopic (exact) mass is 325 g/mol. The van der Waals surface area contributed by atoms with Gasteiger partial charge in [0.15, 0.2) is 0 Å². The number of piperazine rings is 1. The number of aromatic nitrogens is 2. The van der Waals surface area contributed by atoms with E-state index in [4.69, 9.17) is 5.26 Å². The van der Waals surface area contributed by atoms with Crippen LogP contribution in [0.1, 0.15) is 13.8 Å². The molecule has 7 heteroatoms. The first kappa shape index (κ1) is 14.0. The quantitative estimate of drug-likeness (QED) is 0.876. The summed E-state index contributed by atoms with van der Waals surface area (Å²) >= 11 is 3.27. The molecule has 0 spiro atoms. The lowest BCUT2D eigenvalue weighted by Crippen LogP contribution is -2.54. The smallest absolute Gasteiger partial charge is 0.267 e. The highest BCUT2D eigenvalue weighted by Crippen LogP contribution is 2.22. The first-order chi connectivity index (χ1) is 8.95. The third-order valence-electron chi connectivity index (χ3n) is 3.42. The molecular formula is C12H16BrN5O. The van der Waals surface area contributed by atoms with E-state index in [1.807, 2.05) is 13.8 Å². The summed E-state index contributed by atoms with van der Waals surface area (Å²) in [6.45, 7) is 6.90. The topological polar surface area (TPSA) is 76.0 Å². The van der Waals surface area contributed by atoms with E-state index in [9.17, 15) is 4.79 Å². The number of hydrogen-bond acceptors (Lipinski definition) is 5. The lowest BCUT2D eigenvalue weighted by molar-refractivity contribution is 0.157. The summed E-state index contributed by atoms with van der Waals surface area (Å²) in [5, 5.41) is 9.14. The van der Waals surface area contributed by atoms with Crippen LogP contribution >= 0.6 is 15.9 Å². The maximum Gasteiger partial charge on any atom is 0.267 e. The van der Waals surface area contributed by atoms with Gasteiger partial charge in [0.1, 0.15) is 15.8 Å². The number of rotatable bonds is 2. The van der Waals surface area contributed by atoms with Gasteiger partial charge >= 0.3 is 0 Å². The van der Waals surface area contributed by atoms with Gasteiger partial charge in [-0.3, -0.25) is 9.69 Å². The minimum atomic E-state index is -0.453. The van der Waals surface area contributed by atoms with Gasteiger partial charge in [-0.05, 0) is 29.8 Å². The summed E-state index contributed by atoms with van der Waals surface area (Å²) in [6.07, 6.45) is 1.41. The van der Waals surface area contributed by atoms with Crippen molar-refractivity contribution in [3.05, 3.63) is 21.2 Å². The number of anilines is 1. The largest absolute Gasteiger partial charge is 0.353 e. The molecule has 0 radical (unpaired) electrons. The van der Waals surface area contributed by atoms with Gasteiger partial charge in [0.25, 0.3) is 5.56 Å². The Hall–Kier alpha value is -1.39. The number of nitrogens with one attached hydrogen (secondary N) is 1. The van der Waals surface area contributed by atoms with Crippen LogP contribution in [0.2, 0.25) is 0 Å². The number of H-pyrrole nitrogens is 1. The van der Waals surface area contributed by atoms with Crippen LogP contribution in [0.5, 0.6) is 0 Å². The fraction of sp³-hybridized carbons (Fsp3) is 0.583. The lowest BCUT2D eigenvalue weighted by atomic mass is 10.0. The number of nitrogens with zero attached hydrogens (tertiary/aromatic N) is 4. The number of hydrogen-bond donors (Lipinski definition) is 1. The van der Waals surface area contributed by atoms with E-state index in [2.05, 4.69) is 41.8 Å². The van der Waals surface area contributed by atoms with Crippen LogP contribution in [0, 0.1) is 11.3 Å². The van der Waals surface area contributed by atoms with Crippen molar-refractivity contribution in [3.63, 3.8) is 0 Å². The van der Waals surface area contributed by atoms with E-state index >= 15 is 0 Å². The van der Waals surface area contributed by atoms with Crippen LogP contribution in [0.25, 0.3) is 0 Å². The Morgan fingerprint density at radius 3 is 2.63 bits per heavy atom. The Kier molecular flexibility index (Phi) is 3.92. The molecule has 0 unspecified atom stereocenters. The molecule has 0 atom stereocenters. The summed E-state index contributed by atoms with van der Waals surface area (Å²) in [6, 6.07) is 2.31. The molecular weight excluding hydrogens is 310 g/mol. The van der Waals surface area contributed by atoms with Gasteiger partial charge in [-0.2, -0.15) is 5.26 Å². The van der Waals surface area contributed by atoms with Gasteiger partial charge < -0.3 is 9.88 Å². The highest BCUT2D eigenvalue weighted by Gasteiger charge is 2.30. The van der Waals surface area contributed by atoms with Crippen molar-refractivity contribution >= 4 is 21.7 Å². The van der Waals surface area contributed by atoms with Crippen LogP contribution in [-0.2, 0) is 0 Å². The molecule has 1 aromatic heterocycles. The summed E-state index contributed by atoms with van der Waals surface area (Å²) in [4.78, 5) is 22.5. The van der Waals surface area contributed by atoms with Gasteiger partial charge in [-0.1, -0.05) is 0 Å². The average molecular weight is 326 g/mol. The molecule has 6 nitrogen and oxygen atoms in total. The zero-order valence-corrected chi connectivity index (χ0v) is 12.6. The van der Waals surface area contributed by atoms with E-state index in [-0.39, 0.29) is 5.56 Å². The van der Waals surface area contributed by atoms with E-state index in [1.165, 1.54) is 6.33 Å². The second-order valence-corrected chi connectivity index (χ2v) is 5.81. The Morgan fingerprint density at radius 2 is 2.05 bits per heavy atom. The Balaban J connectivity index is 2.11. The zero-order chi connectivity index (χ0) is 14.0. The summed E-state index contributed by atoms with van der Waals surface area (Å²) in [5.74, 6) is 0.665. The van der Waals surface area contributed by atoms with E-state index < -0.39 is 5.54 Å². The van der Waals surface area contributed by atoms with Crippen molar-refractivity contribution in [2.45, 2.75) is 19.4 Å². The summed E-state index contributed by atoms with van der Waals surface area (Å²) in [7, 11) is 0. The molecule has 2 heterocycles. The molecule has 19 heavy (non-hydrogen) atoms. The minimum absolute atomic E-state index is 0.176. The molecule has 0 bridgehead atoms. The summed E-state index contributed by atoms with van der Waals surface area (Å²) in [5.41, 5.74) is -0.630. The predicted molar refractivity (Wildman–Crippen MR) is 76.0 cm³/mol. The average Bonchev–Trinajstić information content (AvgIpc) is 2.42. The molecule has 1 N–H and O–H groups in total. The summed E-state index contributed by atoms with van der Waals surface area (Å²) < 4.78 is 0.461. The third-order valence-corrected chi connectivity index (χ3v) is 4.14. The van der Waals surface area contributed by atoms with Crippen LogP contribution in [0.4, 0.5) is 5.82 Å². The maximum absolute atomic E-state index is 11.5. The van der Waals surface area contributed by atoms with E-state index in [0.29, 0.717) is 10.3 Å². The predicted octanol–water partition coefficient (Wildman–Crippen LogP) is 0.957. The molecule has 2 rings (SSSR count). The van der Waals surface area contributed by atoms with Crippen LogP contribution in [0.3, 0.4) is 0 Å². The van der Waals surface area contributed by atoms with Gasteiger partial charge in [0.2, 0.25) is 0 Å². The molecule has 102 valence electrons. The van der Waals surface area contributed by atoms with Crippen molar-refractivity contribution in [3.8, 4) is 6.07 Å². The van der Waals surface area contributed by atoms with Crippen LogP contribution in [-0.4, -0.2) is 46.6 Å². The third kappa shape index (κ3) is 2.80. The second-order valence-electron chi connectivity index (χ2n) is 5.01. The van der Waals surface area contributed by atoms with Crippen LogP contribution in [0.15, 0.2) is 15.6 Å². The van der Waals surface area contributed by atoms with Gasteiger partial charge in [0, 0.05) is 26.2 Å². The molecule has 1 aromatic rings. The fourth-order valence-corrected chi connectivity index (χ4v) is 2.61. The van der Waals surface area contributed by atoms with Gasteiger partial charge in [-0.25, -0.2) is 4.98 Å². The van der Waals surface area contributed by atoms with Crippen LogP contribution < -0.4 is 10.5 Å². The first-order valence-electron chi connectivity index (χ1n) is 6.10. The van der Waals surface area contributed by atoms with Crippen molar-refractivity contribution in [1.29, 1.82) is 5.26 Å². The highest BCUT2D eigenvalue weighted by atomic mass is 79.9. The van der Waals surface area contributed by atoms with E-state index in [1.54, 1.807) is 0 Å². The van der Waals surface area contributed by atoms with Crippen molar-refractivity contribution in [1.82, 2.24) is 14.9 Å². The zero-order valence-electron chi connectivity index (χ0n) is 11.0. The Bertz CT molecular complexity index is 554. The fourth-order valence-electron chi connectivity index (χ4n) is 2.14. The number of aromatic amines is 1. The lowest BCUT2D eigenvalue weighted by Gasteiger charge is -2.40. The molecule has 1 fully saturated rings. The maximum atomic E-state index is 11.5. The Morgan fingerprint density at radius 1 is 1.42 bits per heavy atom. The van der Waals surface area contributed by atoms with Gasteiger partial charge in [-0.15, -0.1) is 0 Å². The molecule has 1 aliphatic heterocycles. The molecule has 0 aromatic carbocycles. The van der Waals surface area contributed by atoms with Gasteiger partial charge in [0.05, 0.1) is 12.4 Å². The normalized spacial score (nSPS) is 17.3. The number of nitriles is 1. The standard InChI is InChI=1S/C12H16BrN5O/c1-12(2,7-14)18-5-3-17(4-6-18)10-9(13)11(19)16-8-15-10/h8H,3-6H2,1-2H3,(H,15,16,19). The molecule has 1 saturated heterocycles. The minimum Gasteiger partial charge on any atom is -0.353 e. The molecule has 0 amide bonds. The SMILES string of the molecule is CC(C)(C#N)N1CCN(c2nc[nH]c(=O)c2Br)CC1. The van der Waals surface area contributed by atoms with Crippen molar-refractivity contribution in [2.24, 2.45) is 0 Å². The number of halogens is 1.